The zero-order valence-corrected chi connectivity index (χ0v) is 20.9. The number of aryl methyl sites for hydroxylation is 1. The number of aromatic nitrogens is 1. The van der Waals surface area contributed by atoms with Crippen LogP contribution in [0.25, 0.3) is 23.1 Å². The van der Waals surface area contributed by atoms with Gasteiger partial charge in [0.1, 0.15) is 0 Å². The SMILES string of the molecule is O=C(c1ccccc1CCC(O)c1cccc(/C=C/c2ccc3ccc(Cl)cc3n2)c1)N1CCCC1. The molecule has 1 aliphatic heterocycles. The molecule has 4 nitrogen and oxygen atoms in total. The molecule has 1 N–H and O–H groups in total. The quantitative estimate of drug-likeness (QED) is 0.301. The zero-order valence-electron chi connectivity index (χ0n) is 20.1. The third-order valence-electron chi connectivity index (χ3n) is 6.75. The van der Waals surface area contributed by atoms with Crippen LogP contribution < -0.4 is 0 Å². The molecule has 1 saturated heterocycles. The highest BCUT2D eigenvalue weighted by Gasteiger charge is 2.21. The Kier molecular flexibility index (Phi) is 7.45. The van der Waals surface area contributed by atoms with Crippen molar-refractivity contribution in [3.8, 4) is 0 Å². The summed E-state index contributed by atoms with van der Waals surface area (Å²) < 4.78 is 0. The maximum atomic E-state index is 12.9. The smallest absolute Gasteiger partial charge is 0.254 e. The summed E-state index contributed by atoms with van der Waals surface area (Å²) in [5.41, 5.74) is 5.30. The number of pyridine rings is 1. The molecule has 182 valence electrons. The Morgan fingerprint density at radius 3 is 2.64 bits per heavy atom. The second kappa shape index (κ2) is 11.1. The standard InChI is InChI=1S/C31H29ClN2O2/c32-26-14-11-24-12-16-27(33-29(24)21-26)15-10-22-6-5-8-25(20-22)30(35)17-13-23-7-1-2-9-28(23)31(36)34-18-3-4-19-34/h1-2,5-12,14-16,20-21,30,35H,3-4,13,17-19H2/b15-10+. The van der Waals surface area contributed by atoms with Crippen LogP contribution in [-0.2, 0) is 6.42 Å². The summed E-state index contributed by atoms with van der Waals surface area (Å²) in [6, 6.07) is 25.4. The van der Waals surface area contributed by atoms with Crippen LogP contribution in [0.2, 0.25) is 5.02 Å². The number of hydrogen-bond acceptors (Lipinski definition) is 3. The first-order chi connectivity index (χ1) is 17.6. The van der Waals surface area contributed by atoms with E-state index in [2.05, 4.69) is 4.98 Å². The lowest BCUT2D eigenvalue weighted by molar-refractivity contribution is 0.0791. The first-order valence-corrected chi connectivity index (χ1v) is 12.8. The molecule has 0 aliphatic carbocycles. The van der Waals surface area contributed by atoms with Crippen LogP contribution in [-0.4, -0.2) is 34.0 Å². The van der Waals surface area contributed by atoms with Crippen LogP contribution in [0.5, 0.6) is 0 Å². The lowest BCUT2D eigenvalue weighted by Crippen LogP contribution is -2.28. The van der Waals surface area contributed by atoms with Crippen molar-refractivity contribution in [1.29, 1.82) is 0 Å². The lowest BCUT2D eigenvalue weighted by atomic mass is 9.96. The van der Waals surface area contributed by atoms with Gasteiger partial charge in [-0.2, -0.15) is 0 Å². The molecule has 36 heavy (non-hydrogen) atoms. The average Bonchev–Trinajstić information content (AvgIpc) is 3.45. The number of nitrogens with zero attached hydrogens (tertiary/aromatic N) is 2. The van der Waals surface area contributed by atoms with Crippen molar-refractivity contribution >= 4 is 40.6 Å². The van der Waals surface area contributed by atoms with E-state index in [9.17, 15) is 9.90 Å². The number of halogens is 1. The van der Waals surface area contributed by atoms with Gasteiger partial charge < -0.3 is 10.0 Å². The van der Waals surface area contributed by atoms with Gasteiger partial charge in [0, 0.05) is 29.1 Å². The molecule has 1 aromatic heterocycles. The minimum absolute atomic E-state index is 0.106. The molecule has 4 aromatic rings. The van der Waals surface area contributed by atoms with Crippen LogP contribution in [0.1, 0.15) is 58.1 Å². The Balaban J connectivity index is 1.26. The second-order valence-corrected chi connectivity index (χ2v) is 9.72. The number of aliphatic hydroxyl groups is 1. The molecule has 1 atom stereocenters. The van der Waals surface area contributed by atoms with Gasteiger partial charge in [0.2, 0.25) is 0 Å². The number of aliphatic hydroxyl groups excluding tert-OH is 1. The molecule has 3 aromatic carbocycles. The highest BCUT2D eigenvalue weighted by atomic mass is 35.5. The third kappa shape index (κ3) is 5.67. The largest absolute Gasteiger partial charge is 0.388 e. The van der Waals surface area contributed by atoms with Gasteiger partial charge >= 0.3 is 0 Å². The van der Waals surface area contributed by atoms with Crippen LogP contribution in [0.3, 0.4) is 0 Å². The normalized spacial score (nSPS) is 14.6. The van der Waals surface area contributed by atoms with Crippen LogP contribution in [0.15, 0.2) is 78.9 Å². The average molecular weight is 497 g/mol. The van der Waals surface area contributed by atoms with Crippen molar-refractivity contribution in [2.45, 2.75) is 31.8 Å². The van der Waals surface area contributed by atoms with E-state index >= 15 is 0 Å². The maximum Gasteiger partial charge on any atom is 0.254 e. The predicted molar refractivity (Wildman–Crippen MR) is 147 cm³/mol. The molecule has 2 heterocycles. The molecule has 1 amide bonds. The third-order valence-corrected chi connectivity index (χ3v) is 6.98. The summed E-state index contributed by atoms with van der Waals surface area (Å²) in [5.74, 6) is 0.106. The summed E-state index contributed by atoms with van der Waals surface area (Å²) in [4.78, 5) is 19.6. The number of likely N-dealkylation sites (tertiary alicyclic amines) is 1. The van der Waals surface area contributed by atoms with Gasteiger partial charge in [-0.25, -0.2) is 4.98 Å². The van der Waals surface area contributed by atoms with E-state index in [1.807, 2.05) is 95.9 Å². The molecule has 1 unspecified atom stereocenters. The first kappa shape index (κ1) is 24.2. The van der Waals surface area contributed by atoms with Crippen molar-refractivity contribution in [2.24, 2.45) is 0 Å². The first-order valence-electron chi connectivity index (χ1n) is 12.5. The number of carbonyl (C=O) groups excluding carboxylic acids is 1. The van der Waals surface area contributed by atoms with Crippen molar-refractivity contribution in [1.82, 2.24) is 9.88 Å². The number of amides is 1. The maximum absolute atomic E-state index is 12.9. The summed E-state index contributed by atoms with van der Waals surface area (Å²) in [5, 5.41) is 12.6. The van der Waals surface area contributed by atoms with Gasteiger partial charge in [0.25, 0.3) is 5.91 Å². The Morgan fingerprint density at radius 1 is 0.972 bits per heavy atom. The molecular weight excluding hydrogens is 468 g/mol. The number of benzene rings is 3. The van der Waals surface area contributed by atoms with Crippen LogP contribution in [0, 0.1) is 0 Å². The Labute approximate surface area is 216 Å². The van der Waals surface area contributed by atoms with E-state index in [1.165, 1.54) is 0 Å². The number of hydrogen-bond donors (Lipinski definition) is 1. The van der Waals surface area contributed by atoms with Gasteiger partial charge in [0.15, 0.2) is 0 Å². The van der Waals surface area contributed by atoms with E-state index in [4.69, 9.17) is 11.6 Å². The van der Waals surface area contributed by atoms with Gasteiger partial charge in [-0.3, -0.25) is 4.79 Å². The fourth-order valence-corrected chi connectivity index (χ4v) is 4.91. The summed E-state index contributed by atoms with van der Waals surface area (Å²) in [6.07, 6.45) is 6.68. The minimum Gasteiger partial charge on any atom is -0.388 e. The Bertz CT molecular complexity index is 1410. The zero-order chi connectivity index (χ0) is 24.9. The fourth-order valence-electron chi connectivity index (χ4n) is 4.75. The molecule has 5 rings (SSSR count). The van der Waals surface area contributed by atoms with Crippen molar-refractivity contribution in [3.63, 3.8) is 0 Å². The summed E-state index contributed by atoms with van der Waals surface area (Å²) in [6.45, 7) is 1.66. The van der Waals surface area contributed by atoms with E-state index in [1.54, 1.807) is 0 Å². The molecule has 0 saturated carbocycles. The molecule has 1 aliphatic rings. The van der Waals surface area contributed by atoms with Crippen LogP contribution in [0.4, 0.5) is 0 Å². The van der Waals surface area contributed by atoms with E-state index in [0.29, 0.717) is 17.9 Å². The van der Waals surface area contributed by atoms with Gasteiger partial charge in [-0.15, -0.1) is 0 Å². The molecule has 0 spiro atoms. The van der Waals surface area contributed by atoms with Gasteiger partial charge in [0.05, 0.1) is 17.3 Å². The number of carbonyl (C=O) groups is 1. The monoisotopic (exact) mass is 496 g/mol. The van der Waals surface area contributed by atoms with Crippen molar-refractivity contribution < 1.29 is 9.90 Å². The summed E-state index contributed by atoms with van der Waals surface area (Å²) in [7, 11) is 0. The topological polar surface area (TPSA) is 53.4 Å². The number of fused-ring (bicyclic) bond motifs is 1. The molecule has 5 heteroatoms. The van der Waals surface area contributed by atoms with E-state index < -0.39 is 6.10 Å². The Hall–Kier alpha value is -3.47. The number of rotatable bonds is 7. The molecule has 0 bridgehead atoms. The highest BCUT2D eigenvalue weighted by molar-refractivity contribution is 6.31. The molecule has 1 fully saturated rings. The lowest BCUT2D eigenvalue weighted by Gasteiger charge is -2.18. The fraction of sp³-hybridized carbons (Fsp3) is 0.226. The molecular formula is C31H29ClN2O2. The molecule has 0 radical (unpaired) electrons. The summed E-state index contributed by atoms with van der Waals surface area (Å²) >= 11 is 6.11. The predicted octanol–water partition coefficient (Wildman–Crippen LogP) is 6.96. The van der Waals surface area contributed by atoms with Gasteiger partial charge in [-0.1, -0.05) is 66.2 Å². The van der Waals surface area contributed by atoms with E-state index in [0.717, 1.165) is 64.8 Å². The van der Waals surface area contributed by atoms with Crippen LogP contribution >= 0.6 is 11.6 Å². The van der Waals surface area contributed by atoms with Crippen molar-refractivity contribution in [3.05, 3.63) is 112 Å². The highest BCUT2D eigenvalue weighted by Crippen LogP contribution is 2.24. The van der Waals surface area contributed by atoms with E-state index in [-0.39, 0.29) is 5.91 Å². The van der Waals surface area contributed by atoms with Crippen molar-refractivity contribution in [2.75, 3.05) is 13.1 Å². The minimum atomic E-state index is -0.616. The Morgan fingerprint density at radius 2 is 1.78 bits per heavy atom. The van der Waals surface area contributed by atoms with Gasteiger partial charge in [-0.05, 0) is 78.8 Å². The second-order valence-electron chi connectivity index (χ2n) is 9.29.